The van der Waals surface area contributed by atoms with Crippen molar-refractivity contribution in [3.8, 4) is 5.75 Å². The van der Waals surface area contributed by atoms with Crippen LogP contribution < -0.4 is 9.64 Å². The summed E-state index contributed by atoms with van der Waals surface area (Å²) in [5.74, 6) is -1.68. The molecule has 26 heavy (non-hydrogen) atoms. The minimum atomic E-state index is -0.978. The average molecular weight is 359 g/mol. The highest BCUT2D eigenvalue weighted by Crippen LogP contribution is 2.24. The van der Waals surface area contributed by atoms with Crippen LogP contribution in [0.15, 0.2) is 24.3 Å². The van der Waals surface area contributed by atoms with Crippen LogP contribution in [0.3, 0.4) is 0 Å². The van der Waals surface area contributed by atoms with E-state index in [-0.39, 0.29) is 11.6 Å². The Kier molecular flexibility index (Phi) is 5.20. The summed E-state index contributed by atoms with van der Waals surface area (Å²) in [5, 5.41) is 0. The molecular formula is C18H21N3O5. The van der Waals surface area contributed by atoms with E-state index in [1.807, 2.05) is 0 Å². The smallest absolute Gasteiger partial charge is 0.339 e. The lowest BCUT2D eigenvalue weighted by Gasteiger charge is -2.22. The summed E-state index contributed by atoms with van der Waals surface area (Å²) in [6.45, 7) is 0.826. The molecular weight excluding hydrogens is 338 g/mol. The van der Waals surface area contributed by atoms with Gasteiger partial charge in [-0.3, -0.25) is 14.4 Å². The molecule has 1 aromatic rings. The van der Waals surface area contributed by atoms with Crippen molar-refractivity contribution in [3.05, 3.63) is 24.3 Å². The first-order valence-electron chi connectivity index (χ1n) is 8.64. The molecule has 1 aromatic carbocycles. The Labute approximate surface area is 151 Å². The van der Waals surface area contributed by atoms with E-state index in [2.05, 4.69) is 0 Å². The molecule has 2 fully saturated rings. The zero-order valence-electron chi connectivity index (χ0n) is 14.6. The van der Waals surface area contributed by atoms with Crippen LogP contribution in [0.5, 0.6) is 5.75 Å². The highest BCUT2D eigenvalue weighted by atomic mass is 16.5. The Bertz CT molecular complexity index is 723. The van der Waals surface area contributed by atoms with E-state index in [0.29, 0.717) is 18.8 Å². The molecule has 2 aliphatic heterocycles. The fourth-order valence-electron chi connectivity index (χ4n) is 3.16. The molecule has 3 rings (SSSR count). The quantitative estimate of drug-likeness (QED) is 0.599. The normalized spacial score (nSPS) is 18.3. The summed E-state index contributed by atoms with van der Waals surface area (Å²) >= 11 is 0. The maximum atomic E-state index is 12.6. The van der Waals surface area contributed by atoms with Crippen LogP contribution in [0.25, 0.3) is 0 Å². The van der Waals surface area contributed by atoms with Crippen molar-refractivity contribution in [3.63, 3.8) is 0 Å². The summed E-state index contributed by atoms with van der Waals surface area (Å²) in [5.41, 5.74) is 0.263. The first kappa shape index (κ1) is 17.9. The first-order chi connectivity index (χ1) is 12.5. The zero-order chi connectivity index (χ0) is 18.7. The molecule has 0 radical (unpaired) electrons. The van der Waals surface area contributed by atoms with Gasteiger partial charge in [-0.15, -0.1) is 0 Å². The van der Waals surface area contributed by atoms with E-state index in [1.54, 1.807) is 17.0 Å². The predicted octanol–water partition coefficient (Wildman–Crippen LogP) is 1.39. The molecule has 0 spiro atoms. The van der Waals surface area contributed by atoms with Crippen molar-refractivity contribution in [2.75, 3.05) is 31.6 Å². The number of carbonyl (C=O) groups is 4. The minimum Gasteiger partial charge on any atom is -0.497 e. The monoisotopic (exact) mass is 359 g/mol. The highest BCUT2D eigenvalue weighted by Gasteiger charge is 2.46. The third-order valence-electron chi connectivity index (χ3n) is 4.64. The molecule has 8 nitrogen and oxygen atoms in total. The molecule has 2 heterocycles. The SMILES string of the molecule is COc1ccc(N2C(=O)C(=O)N(CC(=O)N3CCCCCC3)C2=O)cc1. The minimum absolute atomic E-state index is 0.263. The van der Waals surface area contributed by atoms with Gasteiger partial charge in [-0.05, 0) is 37.1 Å². The fraction of sp³-hybridized carbons (Fsp3) is 0.444. The van der Waals surface area contributed by atoms with Gasteiger partial charge in [0.1, 0.15) is 12.3 Å². The van der Waals surface area contributed by atoms with Crippen molar-refractivity contribution in [2.24, 2.45) is 0 Å². The molecule has 0 unspecified atom stereocenters. The number of methoxy groups -OCH3 is 1. The Balaban J connectivity index is 1.74. The van der Waals surface area contributed by atoms with E-state index < -0.39 is 24.4 Å². The van der Waals surface area contributed by atoms with Crippen LogP contribution in [0.2, 0.25) is 0 Å². The number of nitrogens with zero attached hydrogens (tertiary/aromatic N) is 3. The van der Waals surface area contributed by atoms with Gasteiger partial charge in [-0.25, -0.2) is 14.6 Å². The Morgan fingerprint density at radius 1 is 0.962 bits per heavy atom. The second-order valence-corrected chi connectivity index (χ2v) is 6.31. The van der Waals surface area contributed by atoms with Crippen LogP contribution in [0.1, 0.15) is 25.7 Å². The summed E-state index contributed by atoms with van der Waals surface area (Å²) in [6, 6.07) is 5.41. The van der Waals surface area contributed by atoms with Gasteiger partial charge in [0.15, 0.2) is 0 Å². The molecule has 2 aliphatic rings. The number of anilines is 1. The third kappa shape index (κ3) is 3.40. The highest BCUT2D eigenvalue weighted by molar-refractivity contribution is 6.53. The van der Waals surface area contributed by atoms with E-state index >= 15 is 0 Å². The number of urea groups is 1. The van der Waals surface area contributed by atoms with Crippen LogP contribution in [-0.4, -0.2) is 60.3 Å². The van der Waals surface area contributed by atoms with Gasteiger partial charge in [0, 0.05) is 13.1 Å². The maximum Gasteiger partial charge on any atom is 0.339 e. The first-order valence-corrected chi connectivity index (χ1v) is 8.64. The van der Waals surface area contributed by atoms with E-state index in [9.17, 15) is 19.2 Å². The van der Waals surface area contributed by atoms with E-state index in [0.717, 1.165) is 35.5 Å². The largest absolute Gasteiger partial charge is 0.497 e. The van der Waals surface area contributed by atoms with Gasteiger partial charge in [-0.1, -0.05) is 12.8 Å². The number of amides is 5. The molecule has 0 N–H and O–H groups in total. The van der Waals surface area contributed by atoms with Crippen molar-refractivity contribution in [1.29, 1.82) is 0 Å². The summed E-state index contributed by atoms with van der Waals surface area (Å²) in [6.07, 6.45) is 3.94. The lowest BCUT2D eigenvalue weighted by atomic mass is 10.2. The molecule has 138 valence electrons. The average Bonchev–Trinajstić information content (AvgIpc) is 2.87. The standard InChI is InChI=1S/C18H21N3O5/c1-26-14-8-6-13(7-9-14)21-17(24)16(23)20(18(21)25)12-15(22)19-10-4-2-3-5-11-19/h6-9H,2-5,10-12H2,1H3. The van der Waals surface area contributed by atoms with Gasteiger partial charge in [-0.2, -0.15) is 0 Å². The molecule has 0 aliphatic carbocycles. The fourth-order valence-corrected chi connectivity index (χ4v) is 3.16. The number of rotatable bonds is 4. The summed E-state index contributed by atoms with van der Waals surface area (Å²) < 4.78 is 5.04. The number of hydrogen-bond donors (Lipinski definition) is 0. The van der Waals surface area contributed by atoms with Gasteiger partial charge >= 0.3 is 17.8 Å². The molecule has 0 bridgehead atoms. The second kappa shape index (κ2) is 7.55. The Morgan fingerprint density at radius 3 is 2.15 bits per heavy atom. The topological polar surface area (TPSA) is 87.2 Å². The summed E-state index contributed by atoms with van der Waals surface area (Å²) in [7, 11) is 1.50. The zero-order valence-corrected chi connectivity index (χ0v) is 14.6. The van der Waals surface area contributed by atoms with Crippen molar-refractivity contribution >= 4 is 29.4 Å². The van der Waals surface area contributed by atoms with Gasteiger partial charge < -0.3 is 9.64 Å². The van der Waals surface area contributed by atoms with E-state index in [1.165, 1.54) is 19.2 Å². The molecule has 0 saturated carbocycles. The maximum absolute atomic E-state index is 12.6. The number of imide groups is 2. The number of carbonyl (C=O) groups excluding carboxylic acids is 4. The predicted molar refractivity (Wildman–Crippen MR) is 92.6 cm³/mol. The van der Waals surface area contributed by atoms with Crippen molar-refractivity contribution in [2.45, 2.75) is 25.7 Å². The number of ether oxygens (including phenoxy) is 1. The van der Waals surface area contributed by atoms with Gasteiger partial charge in [0.25, 0.3) is 0 Å². The third-order valence-corrected chi connectivity index (χ3v) is 4.64. The van der Waals surface area contributed by atoms with Crippen molar-refractivity contribution in [1.82, 2.24) is 9.80 Å². The molecule has 2 saturated heterocycles. The van der Waals surface area contributed by atoms with Crippen LogP contribution in [0, 0.1) is 0 Å². The molecule has 5 amide bonds. The number of benzene rings is 1. The van der Waals surface area contributed by atoms with Crippen LogP contribution in [-0.2, 0) is 14.4 Å². The Hall–Kier alpha value is -2.90. The lowest BCUT2D eigenvalue weighted by Crippen LogP contribution is -2.43. The number of likely N-dealkylation sites (tertiary alicyclic amines) is 1. The van der Waals surface area contributed by atoms with Crippen LogP contribution in [0.4, 0.5) is 10.5 Å². The van der Waals surface area contributed by atoms with E-state index in [4.69, 9.17) is 4.74 Å². The van der Waals surface area contributed by atoms with Crippen molar-refractivity contribution < 1.29 is 23.9 Å². The number of hydrogen-bond acceptors (Lipinski definition) is 5. The van der Waals surface area contributed by atoms with Gasteiger partial charge in [0.2, 0.25) is 5.91 Å². The van der Waals surface area contributed by atoms with Gasteiger partial charge in [0.05, 0.1) is 12.8 Å². The second-order valence-electron chi connectivity index (χ2n) is 6.31. The lowest BCUT2D eigenvalue weighted by molar-refractivity contribution is -0.142. The molecule has 0 aromatic heterocycles. The van der Waals surface area contributed by atoms with Crippen LogP contribution >= 0.6 is 0 Å². The molecule has 0 atom stereocenters. The summed E-state index contributed by atoms with van der Waals surface area (Å²) in [4.78, 5) is 52.7. The molecule has 8 heteroatoms. The Morgan fingerprint density at radius 2 is 1.58 bits per heavy atom.